The summed E-state index contributed by atoms with van der Waals surface area (Å²) in [4.78, 5) is 0. The van der Waals surface area contributed by atoms with E-state index in [4.69, 9.17) is 4.74 Å². The van der Waals surface area contributed by atoms with Gasteiger partial charge in [-0.05, 0) is 35.0 Å². The summed E-state index contributed by atoms with van der Waals surface area (Å²) in [5.41, 5.74) is 0. The van der Waals surface area contributed by atoms with Crippen molar-refractivity contribution in [1.29, 1.82) is 0 Å². The molecule has 0 bridgehead atoms. The van der Waals surface area contributed by atoms with Crippen LogP contribution < -0.4 is 10.1 Å². The van der Waals surface area contributed by atoms with E-state index >= 15 is 0 Å². The molecule has 2 aromatic carbocycles. The second kappa shape index (κ2) is 4.88. The van der Waals surface area contributed by atoms with Crippen LogP contribution in [0.2, 0.25) is 0 Å². The first-order valence-electron chi connectivity index (χ1n) is 5.97. The normalized spacial score (nSPS) is 23.4. The van der Waals surface area contributed by atoms with Crippen molar-refractivity contribution in [1.82, 2.24) is 5.32 Å². The van der Waals surface area contributed by atoms with Gasteiger partial charge >= 0.3 is 0 Å². The standard InChI is InChI=1S/C14H14BrNO2/c15-11-3-1-10-6-12(4-2-9(10)5-11)18-14-8-16-7-13(14)17/h1-6,13-14,16-17H,7-8H2/t13-,14-/m0/s1. The monoisotopic (exact) mass is 307 g/mol. The molecular weight excluding hydrogens is 294 g/mol. The number of halogens is 1. The van der Waals surface area contributed by atoms with Gasteiger partial charge in [0.25, 0.3) is 0 Å². The zero-order valence-electron chi connectivity index (χ0n) is 9.77. The van der Waals surface area contributed by atoms with Gasteiger partial charge in [-0.1, -0.05) is 28.1 Å². The molecule has 3 rings (SSSR count). The highest BCUT2D eigenvalue weighted by atomic mass is 79.9. The highest BCUT2D eigenvalue weighted by Gasteiger charge is 2.26. The maximum absolute atomic E-state index is 9.71. The molecule has 0 radical (unpaired) electrons. The van der Waals surface area contributed by atoms with Crippen molar-refractivity contribution in [2.24, 2.45) is 0 Å². The Balaban J connectivity index is 1.86. The van der Waals surface area contributed by atoms with Crippen LogP contribution in [0.3, 0.4) is 0 Å². The van der Waals surface area contributed by atoms with Crippen LogP contribution in [0.25, 0.3) is 10.8 Å². The van der Waals surface area contributed by atoms with Crippen molar-refractivity contribution in [3.63, 3.8) is 0 Å². The first kappa shape index (κ1) is 12.0. The van der Waals surface area contributed by atoms with E-state index in [0.29, 0.717) is 13.1 Å². The van der Waals surface area contributed by atoms with Crippen LogP contribution in [0.4, 0.5) is 0 Å². The Morgan fingerprint density at radius 3 is 2.67 bits per heavy atom. The summed E-state index contributed by atoms with van der Waals surface area (Å²) in [6.07, 6.45) is -0.580. The number of aliphatic hydroxyl groups excluding tert-OH is 1. The topological polar surface area (TPSA) is 41.5 Å². The van der Waals surface area contributed by atoms with Gasteiger partial charge in [-0.15, -0.1) is 0 Å². The lowest BCUT2D eigenvalue weighted by Gasteiger charge is -2.16. The predicted octanol–water partition coefficient (Wildman–Crippen LogP) is 2.31. The highest BCUT2D eigenvalue weighted by Crippen LogP contribution is 2.25. The molecule has 0 aliphatic carbocycles. The Kier molecular flexibility index (Phi) is 3.24. The van der Waals surface area contributed by atoms with Gasteiger partial charge in [0.15, 0.2) is 0 Å². The summed E-state index contributed by atoms with van der Waals surface area (Å²) in [6, 6.07) is 12.1. The molecule has 0 unspecified atom stereocenters. The lowest BCUT2D eigenvalue weighted by atomic mass is 10.1. The van der Waals surface area contributed by atoms with Crippen LogP contribution in [0.5, 0.6) is 5.75 Å². The summed E-state index contributed by atoms with van der Waals surface area (Å²) in [7, 11) is 0. The van der Waals surface area contributed by atoms with Gasteiger partial charge in [0.1, 0.15) is 18.0 Å². The Hall–Kier alpha value is -1.10. The van der Waals surface area contributed by atoms with Crippen molar-refractivity contribution in [3.8, 4) is 5.75 Å². The largest absolute Gasteiger partial charge is 0.486 e. The molecule has 1 heterocycles. The fourth-order valence-electron chi connectivity index (χ4n) is 2.20. The first-order chi connectivity index (χ1) is 8.72. The number of hydrogen-bond acceptors (Lipinski definition) is 3. The second-order valence-electron chi connectivity index (χ2n) is 4.54. The molecule has 0 amide bonds. The van der Waals surface area contributed by atoms with Crippen LogP contribution in [0, 0.1) is 0 Å². The van der Waals surface area contributed by atoms with Crippen LogP contribution in [0.15, 0.2) is 40.9 Å². The Bertz CT molecular complexity index is 573. The van der Waals surface area contributed by atoms with Gasteiger partial charge in [0.05, 0.1) is 0 Å². The average molecular weight is 308 g/mol. The third kappa shape index (κ3) is 2.36. The van der Waals surface area contributed by atoms with Gasteiger partial charge < -0.3 is 15.2 Å². The molecule has 94 valence electrons. The van der Waals surface area contributed by atoms with Gasteiger partial charge in [-0.3, -0.25) is 0 Å². The molecule has 2 aromatic rings. The molecular formula is C14H14BrNO2. The van der Waals surface area contributed by atoms with E-state index in [9.17, 15) is 5.11 Å². The van der Waals surface area contributed by atoms with E-state index in [0.717, 1.165) is 15.6 Å². The summed E-state index contributed by atoms with van der Waals surface area (Å²) in [5.74, 6) is 0.803. The van der Waals surface area contributed by atoms with Gasteiger partial charge in [-0.2, -0.15) is 0 Å². The molecule has 0 saturated carbocycles. The molecule has 3 nitrogen and oxygen atoms in total. The van der Waals surface area contributed by atoms with Crippen LogP contribution in [-0.4, -0.2) is 30.4 Å². The van der Waals surface area contributed by atoms with Gasteiger partial charge in [0.2, 0.25) is 0 Å². The number of aliphatic hydroxyl groups is 1. The maximum atomic E-state index is 9.71. The van der Waals surface area contributed by atoms with Crippen molar-refractivity contribution in [3.05, 3.63) is 40.9 Å². The Morgan fingerprint density at radius 1 is 1.11 bits per heavy atom. The van der Waals surface area contributed by atoms with Crippen molar-refractivity contribution in [2.75, 3.05) is 13.1 Å². The molecule has 18 heavy (non-hydrogen) atoms. The molecule has 1 aliphatic rings. The average Bonchev–Trinajstić information content (AvgIpc) is 2.75. The van der Waals surface area contributed by atoms with E-state index in [1.807, 2.05) is 24.3 Å². The fraction of sp³-hybridized carbons (Fsp3) is 0.286. The molecule has 1 fully saturated rings. The molecule has 4 heteroatoms. The smallest absolute Gasteiger partial charge is 0.138 e. The van der Waals surface area contributed by atoms with Crippen LogP contribution in [0.1, 0.15) is 0 Å². The number of ether oxygens (including phenoxy) is 1. The third-order valence-electron chi connectivity index (χ3n) is 3.19. The predicted molar refractivity (Wildman–Crippen MR) is 74.9 cm³/mol. The zero-order valence-corrected chi connectivity index (χ0v) is 11.4. The number of hydrogen-bond donors (Lipinski definition) is 2. The molecule has 2 atom stereocenters. The minimum atomic E-state index is -0.425. The number of rotatable bonds is 2. The summed E-state index contributed by atoms with van der Waals surface area (Å²) >= 11 is 3.46. The summed E-state index contributed by atoms with van der Waals surface area (Å²) in [5, 5.41) is 15.1. The van der Waals surface area contributed by atoms with E-state index in [1.165, 1.54) is 5.39 Å². The number of β-amino-alcohol motifs (C(OH)–C–C–N with tert-alkyl or cyclic N) is 1. The quantitative estimate of drug-likeness (QED) is 0.894. The molecule has 2 N–H and O–H groups in total. The van der Waals surface area contributed by atoms with Crippen molar-refractivity contribution >= 4 is 26.7 Å². The van der Waals surface area contributed by atoms with Gasteiger partial charge in [0, 0.05) is 17.6 Å². The minimum absolute atomic E-state index is 0.155. The molecule has 1 saturated heterocycles. The van der Waals surface area contributed by atoms with E-state index in [2.05, 4.69) is 33.4 Å². The lowest BCUT2D eigenvalue weighted by Crippen LogP contribution is -2.29. The van der Waals surface area contributed by atoms with E-state index in [-0.39, 0.29) is 6.10 Å². The van der Waals surface area contributed by atoms with Crippen molar-refractivity contribution < 1.29 is 9.84 Å². The molecule has 0 spiro atoms. The minimum Gasteiger partial charge on any atom is -0.486 e. The maximum Gasteiger partial charge on any atom is 0.138 e. The van der Waals surface area contributed by atoms with Gasteiger partial charge in [-0.25, -0.2) is 0 Å². The zero-order chi connectivity index (χ0) is 12.5. The Morgan fingerprint density at radius 2 is 1.89 bits per heavy atom. The first-order valence-corrected chi connectivity index (χ1v) is 6.76. The number of nitrogens with one attached hydrogen (secondary N) is 1. The van der Waals surface area contributed by atoms with Crippen LogP contribution in [-0.2, 0) is 0 Å². The highest BCUT2D eigenvalue weighted by molar-refractivity contribution is 9.10. The summed E-state index contributed by atoms with van der Waals surface area (Å²) < 4.78 is 6.87. The van der Waals surface area contributed by atoms with E-state index in [1.54, 1.807) is 0 Å². The molecule has 1 aliphatic heterocycles. The lowest BCUT2D eigenvalue weighted by molar-refractivity contribution is 0.0738. The van der Waals surface area contributed by atoms with Crippen LogP contribution >= 0.6 is 15.9 Å². The second-order valence-corrected chi connectivity index (χ2v) is 5.45. The number of benzene rings is 2. The van der Waals surface area contributed by atoms with E-state index < -0.39 is 6.10 Å². The molecule has 0 aromatic heterocycles. The SMILES string of the molecule is O[C@H]1CNC[C@@H]1Oc1ccc2cc(Br)ccc2c1. The number of fused-ring (bicyclic) bond motifs is 1. The Labute approximate surface area is 114 Å². The third-order valence-corrected chi connectivity index (χ3v) is 3.68. The fourth-order valence-corrected chi connectivity index (χ4v) is 2.58. The summed E-state index contributed by atoms with van der Waals surface area (Å²) in [6.45, 7) is 1.30. The van der Waals surface area contributed by atoms with Crippen molar-refractivity contribution in [2.45, 2.75) is 12.2 Å².